The van der Waals surface area contributed by atoms with E-state index in [1.54, 1.807) is 0 Å². The molecule has 1 N–H and O–H groups in total. The van der Waals surface area contributed by atoms with E-state index in [1.807, 2.05) is 6.92 Å². The van der Waals surface area contributed by atoms with Gasteiger partial charge in [-0.3, -0.25) is 0 Å². The lowest BCUT2D eigenvalue weighted by Crippen LogP contribution is -1.98. The van der Waals surface area contributed by atoms with Gasteiger partial charge in [0, 0.05) is 6.61 Å². The summed E-state index contributed by atoms with van der Waals surface area (Å²) in [6, 6.07) is 0. The van der Waals surface area contributed by atoms with Crippen molar-refractivity contribution >= 4 is 0 Å². The minimum Gasteiger partial charge on any atom is -0.394 e. The minimum absolute atomic E-state index is 0. The van der Waals surface area contributed by atoms with E-state index in [-0.39, 0.29) is 36.3 Å². The van der Waals surface area contributed by atoms with Gasteiger partial charge in [0.25, 0.3) is 0 Å². The predicted octanol–water partition coefficient (Wildman–Crippen LogP) is 2.95. The molecule has 0 heterocycles. The minimum atomic E-state index is 0. The van der Waals surface area contributed by atoms with Crippen LogP contribution in [0.1, 0.15) is 43.1 Å². The van der Waals surface area contributed by atoms with Gasteiger partial charge in [0.2, 0.25) is 0 Å². The summed E-state index contributed by atoms with van der Waals surface area (Å²) < 4.78 is 4.88. The van der Waals surface area contributed by atoms with E-state index in [9.17, 15) is 0 Å². The van der Waals surface area contributed by atoms with Crippen molar-refractivity contribution in [1.29, 1.82) is 0 Å². The van der Waals surface area contributed by atoms with Crippen LogP contribution in [0.25, 0.3) is 0 Å². The molecule has 0 spiro atoms. The molecule has 0 aliphatic heterocycles. The number of hydrogen-bond acceptors (Lipinski definition) is 2. The topological polar surface area (TPSA) is 29.5 Å². The average Bonchev–Trinajstić information content (AvgIpc) is 1.69. The molecule has 0 unspecified atom stereocenters. The van der Waals surface area contributed by atoms with Crippen LogP contribution in [0, 0.1) is 0 Å². The fraction of sp³-hybridized carbons (Fsp3) is 1.00. The smallest absolute Gasteiger partial charge is 0.0697 e. The SMILES string of the molecule is C.C.C.C.CCCOCCO. The monoisotopic (exact) mass is 168 g/mol. The van der Waals surface area contributed by atoms with E-state index in [4.69, 9.17) is 9.84 Å². The molecule has 0 aromatic rings. The maximum Gasteiger partial charge on any atom is 0.0697 e. The Balaban J connectivity index is -0.0000000300. The Kier molecular flexibility index (Phi) is 90.9. The summed E-state index contributed by atoms with van der Waals surface area (Å²) in [4.78, 5) is 0. The Hall–Kier alpha value is -0.0800. The Morgan fingerprint density at radius 1 is 1.00 bits per heavy atom. The van der Waals surface area contributed by atoms with Crippen molar-refractivity contribution in [3.8, 4) is 0 Å². The fourth-order valence-corrected chi connectivity index (χ4v) is 0.311. The van der Waals surface area contributed by atoms with Gasteiger partial charge in [0.05, 0.1) is 13.2 Å². The molecule has 0 aliphatic carbocycles. The van der Waals surface area contributed by atoms with Gasteiger partial charge in [-0.05, 0) is 6.42 Å². The lowest BCUT2D eigenvalue weighted by Gasteiger charge is -1.94. The quantitative estimate of drug-likeness (QED) is 0.654. The first-order chi connectivity index (χ1) is 3.41. The second kappa shape index (κ2) is 32.6. The summed E-state index contributed by atoms with van der Waals surface area (Å²) in [6.45, 7) is 3.42. The average molecular weight is 168 g/mol. The molecule has 11 heavy (non-hydrogen) atoms. The summed E-state index contributed by atoms with van der Waals surface area (Å²) in [5.41, 5.74) is 0. The highest BCUT2D eigenvalue weighted by atomic mass is 16.5. The molecule has 0 saturated heterocycles. The molecule has 0 saturated carbocycles. The third-order valence-corrected chi connectivity index (χ3v) is 0.584. The maximum atomic E-state index is 8.17. The molecule has 76 valence electrons. The first-order valence-electron chi connectivity index (χ1n) is 2.60. The second-order valence-corrected chi connectivity index (χ2v) is 1.34. The molecule has 0 amide bonds. The van der Waals surface area contributed by atoms with E-state index in [0.29, 0.717) is 6.61 Å². The first-order valence-corrected chi connectivity index (χ1v) is 2.60. The van der Waals surface area contributed by atoms with Crippen LogP contribution in [0.2, 0.25) is 0 Å². The molecule has 0 rings (SSSR count). The largest absolute Gasteiger partial charge is 0.394 e. The maximum absolute atomic E-state index is 8.17. The highest BCUT2D eigenvalue weighted by Gasteiger charge is 1.78. The molecule has 0 aromatic heterocycles. The van der Waals surface area contributed by atoms with Crippen molar-refractivity contribution in [2.45, 2.75) is 43.1 Å². The van der Waals surface area contributed by atoms with Crippen molar-refractivity contribution < 1.29 is 9.84 Å². The van der Waals surface area contributed by atoms with Gasteiger partial charge >= 0.3 is 0 Å². The van der Waals surface area contributed by atoms with Crippen LogP contribution in [-0.2, 0) is 4.74 Å². The normalized spacial score (nSPS) is 6.00. The summed E-state index contributed by atoms with van der Waals surface area (Å²) in [5.74, 6) is 0. The molecule has 0 bridgehead atoms. The van der Waals surface area contributed by atoms with Crippen molar-refractivity contribution in [3.05, 3.63) is 0 Å². The highest BCUT2D eigenvalue weighted by Crippen LogP contribution is 1.76. The van der Waals surface area contributed by atoms with Crippen LogP contribution in [0.5, 0.6) is 0 Å². The molecule has 2 nitrogen and oxygen atoms in total. The van der Waals surface area contributed by atoms with Gasteiger partial charge in [-0.2, -0.15) is 0 Å². The van der Waals surface area contributed by atoms with Crippen LogP contribution in [0.3, 0.4) is 0 Å². The Morgan fingerprint density at radius 3 is 1.73 bits per heavy atom. The number of rotatable bonds is 4. The van der Waals surface area contributed by atoms with Gasteiger partial charge < -0.3 is 9.84 Å². The van der Waals surface area contributed by atoms with Crippen molar-refractivity contribution in [1.82, 2.24) is 0 Å². The van der Waals surface area contributed by atoms with Gasteiger partial charge in [-0.15, -0.1) is 0 Å². The van der Waals surface area contributed by atoms with E-state index in [1.165, 1.54) is 0 Å². The third-order valence-electron chi connectivity index (χ3n) is 0.584. The fourth-order valence-electron chi connectivity index (χ4n) is 0.311. The summed E-state index contributed by atoms with van der Waals surface area (Å²) in [6.07, 6.45) is 1.03. The van der Waals surface area contributed by atoms with Crippen molar-refractivity contribution in [3.63, 3.8) is 0 Å². The van der Waals surface area contributed by atoms with Crippen LogP contribution >= 0.6 is 0 Å². The van der Waals surface area contributed by atoms with E-state index in [0.717, 1.165) is 13.0 Å². The zero-order valence-electron chi connectivity index (χ0n) is 4.68. The van der Waals surface area contributed by atoms with E-state index >= 15 is 0 Å². The lowest BCUT2D eigenvalue weighted by atomic mass is 10.5. The predicted molar refractivity (Wildman–Crippen MR) is 55.1 cm³/mol. The summed E-state index contributed by atoms with van der Waals surface area (Å²) >= 11 is 0. The molecule has 0 fully saturated rings. The second-order valence-electron chi connectivity index (χ2n) is 1.34. The third kappa shape index (κ3) is 40.5. The Bertz CT molecular complexity index is 26.7. The van der Waals surface area contributed by atoms with Crippen LogP contribution in [0.4, 0.5) is 0 Å². The number of aliphatic hydroxyl groups is 1. The molecule has 0 radical (unpaired) electrons. The summed E-state index contributed by atoms with van der Waals surface area (Å²) in [7, 11) is 0. The summed E-state index contributed by atoms with van der Waals surface area (Å²) in [5, 5.41) is 8.17. The zero-order chi connectivity index (χ0) is 5.54. The lowest BCUT2D eigenvalue weighted by molar-refractivity contribution is 0.0928. The van der Waals surface area contributed by atoms with Gasteiger partial charge in [0.15, 0.2) is 0 Å². The number of ether oxygens (including phenoxy) is 1. The Labute approximate surface area is 73.6 Å². The molecular formula is C9H28O2. The van der Waals surface area contributed by atoms with Gasteiger partial charge in [-0.25, -0.2) is 0 Å². The number of aliphatic hydroxyl groups excluding tert-OH is 1. The zero-order valence-corrected chi connectivity index (χ0v) is 4.68. The van der Waals surface area contributed by atoms with Crippen LogP contribution in [0.15, 0.2) is 0 Å². The molecule has 0 aliphatic rings. The van der Waals surface area contributed by atoms with E-state index in [2.05, 4.69) is 0 Å². The molecule has 0 aromatic carbocycles. The van der Waals surface area contributed by atoms with Crippen LogP contribution in [-0.4, -0.2) is 24.9 Å². The highest BCUT2D eigenvalue weighted by molar-refractivity contribution is 4.24. The van der Waals surface area contributed by atoms with Crippen LogP contribution < -0.4 is 0 Å². The molecular weight excluding hydrogens is 140 g/mol. The number of hydrogen-bond donors (Lipinski definition) is 1. The first kappa shape index (κ1) is 30.7. The standard InChI is InChI=1S/C5H12O2.4CH4/c1-2-4-7-5-3-6;;;;/h6H,2-5H2,1H3;4*1H4. The molecule has 2 heteroatoms. The van der Waals surface area contributed by atoms with Gasteiger partial charge in [0.1, 0.15) is 0 Å². The molecule has 0 atom stereocenters. The van der Waals surface area contributed by atoms with E-state index < -0.39 is 0 Å². The van der Waals surface area contributed by atoms with Gasteiger partial charge in [-0.1, -0.05) is 36.6 Å². The Morgan fingerprint density at radius 2 is 1.45 bits per heavy atom. The van der Waals surface area contributed by atoms with Crippen molar-refractivity contribution in [2.24, 2.45) is 0 Å². The van der Waals surface area contributed by atoms with Crippen molar-refractivity contribution in [2.75, 3.05) is 19.8 Å².